The summed E-state index contributed by atoms with van der Waals surface area (Å²) in [5, 5.41) is 17.8. The van der Waals surface area contributed by atoms with Gasteiger partial charge in [0.05, 0.1) is 0 Å². The van der Waals surface area contributed by atoms with E-state index < -0.39 is 20.5 Å². The number of aliphatic hydroxyl groups excluding tert-OH is 1. The first-order valence-corrected chi connectivity index (χ1v) is 12.5. The standard InChI is InChI=1S/C15H36N6.CH4O.2ClHO4.Ni/c1-10(16)7-19-13-4-14(20-8-11(2)17)6-15(5-13)21-9-12(3)18;1-2;2*2-1(3,4)5;/h10-15,19-21H,4-9,16-18H2,1-3H3;2H,1H3;2*(H,2,3,4,5);/q;;;;+2/p-2/t10-,11-,12-,13?,14?,15?;;;;/m0..../s1. The van der Waals surface area contributed by atoms with Crippen LogP contribution in [0.15, 0.2) is 0 Å². The van der Waals surface area contributed by atoms with Gasteiger partial charge in [-0.15, -0.1) is 20.5 Å². The fourth-order valence-corrected chi connectivity index (χ4v) is 2.88. The van der Waals surface area contributed by atoms with Crippen LogP contribution in [0.4, 0.5) is 0 Å². The Kier molecular flexibility index (Phi) is 27.7. The fourth-order valence-electron chi connectivity index (χ4n) is 2.88. The van der Waals surface area contributed by atoms with E-state index in [4.69, 9.17) is 59.6 Å². The van der Waals surface area contributed by atoms with Crippen LogP contribution in [0.5, 0.6) is 0 Å². The van der Waals surface area contributed by atoms with E-state index in [1.54, 1.807) is 0 Å². The molecule has 3 atom stereocenters. The zero-order valence-corrected chi connectivity index (χ0v) is 22.2. The Hall–Kier alpha value is 0.474. The topological polar surface area (TPSA) is 319 Å². The Balaban J connectivity index is -0.000000288. The Bertz CT molecular complexity index is 377. The summed E-state index contributed by atoms with van der Waals surface area (Å²) in [5.41, 5.74) is 17.5. The SMILES string of the molecule is CO.C[C@H](N)CNC1CC(NC[C@H](C)N)CC(NC[C@H](C)N)C1.[Ni+2].[O-][Cl+3]([O-])([O-])[O-].[O-][Cl+3]([O-])([O-])[O-]. The van der Waals surface area contributed by atoms with Crippen LogP contribution in [0.3, 0.4) is 0 Å². The molecular formula is C16H40Cl2N6NiO9. The third-order valence-corrected chi connectivity index (χ3v) is 3.89. The minimum atomic E-state index is -4.94. The Morgan fingerprint density at radius 3 is 0.882 bits per heavy atom. The average molecular weight is 590 g/mol. The summed E-state index contributed by atoms with van der Waals surface area (Å²) >= 11 is 0. The van der Waals surface area contributed by atoms with Crippen molar-refractivity contribution >= 4 is 0 Å². The molecule has 1 saturated carbocycles. The van der Waals surface area contributed by atoms with Gasteiger partial charge < -0.3 is 38.3 Å². The number of nitrogens with one attached hydrogen (secondary N) is 3. The van der Waals surface area contributed by atoms with Gasteiger partial charge in [-0.05, 0) is 40.0 Å². The van der Waals surface area contributed by atoms with Crippen molar-refractivity contribution in [3.8, 4) is 0 Å². The number of hydrogen-bond acceptors (Lipinski definition) is 15. The third kappa shape index (κ3) is 42.6. The summed E-state index contributed by atoms with van der Waals surface area (Å²) in [6.45, 7) is 8.70. The van der Waals surface area contributed by atoms with Crippen LogP contribution in [0.2, 0.25) is 0 Å². The third-order valence-electron chi connectivity index (χ3n) is 3.89. The molecule has 1 aliphatic carbocycles. The number of halogens is 2. The smallest absolute Gasteiger partial charge is 0.400 e. The molecule has 15 nitrogen and oxygen atoms in total. The van der Waals surface area contributed by atoms with E-state index >= 15 is 0 Å². The summed E-state index contributed by atoms with van der Waals surface area (Å²) in [4.78, 5) is 0. The molecule has 34 heavy (non-hydrogen) atoms. The van der Waals surface area contributed by atoms with Crippen molar-refractivity contribution in [2.24, 2.45) is 17.2 Å². The second-order valence-electron chi connectivity index (χ2n) is 7.71. The van der Waals surface area contributed by atoms with Crippen LogP contribution in [-0.4, -0.2) is 68.1 Å². The predicted octanol–water partition coefficient (Wildman–Crippen LogP) is -10.8. The summed E-state index contributed by atoms with van der Waals surface area (Å²) in [6.07, 6.45) is 3.40. The minimum absolute atomic E-state index is 0. The zero-order chi connectivity index (χ0) is 26.8. The molecule has 0 spiro atoms. The molecule has 0 bridgehead atoms. The second kappa shape index (κ2) is 22.7. The van der Waals surface area contributed by atoms with Gasteiger partial charge in [-0.1, -0.05) is 0 Å². The molecule has 0 amide bonds. The molecule has 0 radical (unpaired) electrons. The molecule has 1 rings (SSSR count). The van der Waals surface area contributed by atoms with Crippen molar-refractivity contribution in [3.05, 3.63) is 0 Å². The summed E-state index contributed by atoms with van der Waals surface area (Å²) in [7, 11) is -8.89. The van der Waals surface area contributed by atoms with E-state index in [2.05, 4.69) is 16.0 Å². The van der Waals surface area contributed by atoms with Crippen LogP contribution in [0.25, 0.3) is 0 Å². The fraction of sp³-hybridized carbons (Fsp3) is 1.00. The van der Waals surface area contributed by atoms with Gasteiger partial charge >= 0.3 is 16.5 Å². The molecule has 1 fully saturated rings. The maximum absolute atomic E-state index is 8.49. The number of hydrogen-bond donors (Lipinski definition) is 7. The van der Waals surface area contributed by atoms with Crippen molar-refractivity contribution in [2.75, 3.05) is 26.7 Å². The van der Waals surface area contributed by atoms with Gasteiger partial charge in [0.1, 0.15) is 0 Å². The predicted molar refractivity (Wildman–Crippen MR) is 98.3 cm³/mol. The minimum Gasteiger partial charge on any atom is -0.400 e. The van der Waals surface area contributed by atoms with Crippen molar-refractivity contribution in [3.63, 3.8) is 0 Å². The summed E-state index contributed by atoms with van der Waals surface area (Å²) in [6, 6.07) is 2.08. The molecule has 0 aromatic rings. The summed E-state index contributed by atoms with van der Waals surface area (Å²) in [5.74, 6) is 0. The zero-order valence-electron chi connectivity index (χ0n) is 19.7. The first-order valence-electron chi connectivity index (χ1n) is 10.0. The molecular weight excluding hydrogens is 550 g/mol. The maximum Gasteiger partial charge on any atom is 2.00 e. The van der Waals surface area contributed by atoms with Gasteiger partial charge in [-0.3, -0.25) is 0 Å². The molecule has 1 aliphatic rings. The van der Waals surface area contributed by atoms with Crippen molar-refractivity contribution in [1.29, 1.82) is 0 Å². The molecule has 0 aromatic carbocycles. The Morgan fingerprint density at radius 1 is 0.618 bits per heavy atom. The molecule has 10 N–H and O–H groups in total. The van der Waals surface area contributed by atoms with Crippen LogP contribution in [0, 0.1) is 20.5 Å². The van der Waals surface area contributed by atoms with Crippen molar-refractivity contribution in [1.82, 2.24) is 16.0 Å². The largest absolute Gasteiger partial charge is 2.00 e. The van der Waals surface area contributed by atoms with Crippen LogP contribution >= 0.6 is 0 Å². The average Bonchev–Trinajstić information content (AvgIpc) is 2.62. The molecule has 18 heteroatoms. The van der Waals surface area contributed by atoms with E-state index in [1.807, 2.05) is 20.8 Å². The molecule has 0 unspecified atom stereocenters. The van der Waals surface area contributed by atoms with E-state index in [0.717, 1.165) is 46.0 Å². The van der Waals surface area contributed by atoms with Crippen molar-refractivity contribution < 1.29 is 79.4 Å². The summed E-state index contributed by atoms with van der Waals surface area (Å²) < 4.78 is 67.9. The molecule has 0 saturated heterocycles. The number of nitrogens with two attached hydrogens (primary N) is 3. The maximum atomic E-state index is 8.49. The first kappa shape index (κ1) is 41.6. The molecule has 0 aromatic heterocycles. The first-order chi connectivity index (χ1) is 14.9. The van der Waals surface area contributed by atoms with Gasteiger partial charge in [-0.2, -0.15) is 0 Å². The van der Waals surface area contributed by atoms with E-state index in [-0.39, 0.29) is 34.6 Å². The normalized spacial score (nSPS) is 22.8. The molecule has 212 valence electrons. The van der Waals surface area contributed by atoms with Crippen LogP contribution in [0.1, 0.15) is 40.0 Å². The Morgan fingerprint density at radius 2 is 0.765 bits per heavy atom. The van der Waals surface area contributed by atoms with Gasteiger partial charge in [0.15, 0.2) is 0 Å². The molecule has 0 heterocycles. The van der Waals surface area contributed by atoms with Crippen LogP contribution in [-0.2, 0) is 16.5 Å². The number of aliphatic hydroxyl groups is 1. The van der Waals surface area contributed by atoms with E-state index in [9.17, 15) is 0 Å². The van der Waals surface area contributed by atoms with Gasteiger partial charge in [-0.25, -0.2) is 37.3 Å². The van der Waals surface area contributed by atoms with Gasteiger partial charge in [0.25, 0.3) is 0 Å². The Labute approximate surface area is 215 Å². The van der Waals surface area contributed by atoms with E-state index in [1.165, 1.54) is 0 Å². The van der Waals surface area contributed by atoms with E-state index in [0.29, 0.717) is 18.1 Å². The quantitative estimate of drug-likeness (QED) is 0.123. The monoisotopic (exact) mass is 588 g/mol. The van der Waals surface area contributed by atoms with Gasteiger partial charge in [0.2, 0.25) is 0 Å². The van der Waals surface area contributed by atoms with Gasteiger partial charge in [0, 0.05) is 63.0 Å². The molecule has 0 aliphatic heterocycles. The number of rotatable bonds is 9. The van der Waals surface area contributed by atoms with Crippen molar-refractivity contribution in [2.45, 2.75) is 76.3 Å². The second-order valence-corrected chi connectivity index (χ2v) is 9.22. The van der Waals surface area contributed by atoms with Crippen LogP contribution < -0.4 is 70.4 Å².